The summed E-state index contributed by atoms with van der Waals surface area (Å²) in [6.07, 6.45) is 70.5. The quantitative estimate of drug-likeness (QED) is 0.0161. The van der Waals surface area contributed by atoms with Gasteiger partial charge >= 0.3 is 5.97 Å². The second-order valence-electron chi connectivity index (χ2n) is 22.9. The van der Waals surface area contributed by atoms with Gasteiger partial charge in [0.1, 0.15) is 19.3 Å². The summed E-state index contributed by atoms with van der Waals surface area (Å²) in [6.45, 7) is 6.72. The summed E-state index contributed by atoms with van der Waals surface area (Å²) in [5.41, 5.74) is 0. The lowest BCUT2D eigenvalue weighted by Gasteiger charge is -2.30. The van der Waals surface area contributed by atoms with Crippen molar-refractivity contribution in [3.63, 3.8) is 0 Å². The molecule has 9 nitrogen and oxygen atoms in total. The van der Waals surface area contributed by atoms with E-state index in [2.05, 4.69) is 74.7 Å². The third-order valence-electron chi connectivity index (χ3n) is 14.2. The number of phosphoric acid groups is 1. The van der Waals surface area contributed by atoms with Gasteiger partial charge in [-0.25, -0.2) is 0 Å². The van der Waals surface area contributed by atoms with Gasteiger partial charge in [-0.15, -0.1) is 0 Å². The van der Waals surface area contributed by atoms with E-state index in [1.54, 1.807) is 0 Å². The SMILES string of the molecule is CC/C=C/C=C/C=C/CCCCCCCCCC(=O)OC(/C=C\CCCCCCCCCCCC)C(COP(=O)([O-])OCC[N+](C)(C)C)NC(=O)CCCCCCCCCCCCCCC/C=C/CCCCCCCC. The molecule has 0 aromatic rings. The number of likely N-dealkylation sites (N-methyl/N-ethyl adjacent to an activating group) is 1. The molecule has 0 aliphatic carbocycles. The fourth-order valence-electron chi connectivity index (χ4n) is 9.28. The van der Waals surface area contributed by atoms with Crippen LogP contribution in [0.15, 0.2) is 60.8 Å². The molecule has 0 aliphatic rings. The van der Waals surface area contributed by atoms with Crippen LogP contribution in [0.5, 0.6) is 0 Å². The molecular formula is C66H123N2O7P. The fourth-order valence-corrected chi connectivity index (χ4v) is 10.0. The van der Waals surface area contributed by atoms with Gasteiger partial charge in [0.25, 0.3) is 7.82 Å². The van der Waals surface area contributed by atoms with Crippen molar-refractivity contribution in [3.8, 4) is 0 Å². The minimum Gasteiger partial charge on any atom is -0.756 e. The lowest BCUT2D eigenvalue weighted by atomic mass is 10.0. The number of carbonyl (C=O) groups is 2. The number of nitrogens with zero attached hydrogens (tertiary/aromatic N) is 1. The van der Waals surface area contributed by atoms with Crippen molar-refractivity contribution in [2.75, 3.05) is 40.9 Å². The van der Waals surface area contributed by atoms with Gasteiger partial charge in [-0.2, -0.15) is 0 Å². The van der Waals surface area contributed by atoms with Crippen LogP contribution in [0, 0.1) is 0 Å². The van der Waals surface area contributed by atoms with Gasteiger partial charge in [0.15, 0.2) is 0 Å². The smallest absolute Gasteiger partial charge is 0.306 e. The maximum absolute atomic E-state index is 13.5. The molecule has 0 saturated carbocycles. The minimum absolute atomic E-state index is 0.0249. The van der Waals surface area contributed by atoms with Crippen molar-refractivity contribution in [2.24, 2.45) is 0 Å². The number of quaternary nitrogens is 1. The Morgan fingerprint density at radius 1 is 0.474 bits per heavy atom. The molecule has 0 bridgehead atoms. The monoisotopic (exact) mass is 1090 g/mol. The zero-order valence-electron chi connectivity index (χ0n) is 50.7. The Bertz CT molecular complexity index is 1490. The van der Waals surface area contributed by atoms with Crippen LogP contribution in [0.25, 0.3) is 0 Å². The Morgan fingerprint density at radius 3 is 1.29 bits per heavy atom. The summed E-state index contributed by atoms with van der Waals surface area (Å²) >= 11 is 0. The van der Waals surface area contributed by atoms with E-state index in [0.717, 1.165) is 77.0 Å². The van der Waals surface area contributed by atoms with Crippen LogP contribution in [-0.4, -0.2) is 69.4 Å². The first-order chi connectivity index (χ1) is 36.9. The molecule has 0 saturated heterocycles. The molecule has 0 radical (unpaired) electrons. The topological polar surface area (TPSA) is 114 Å². The van der Waals surface area contributed by atoms with Gasteiger partial charge in [0.2, 0.25) is 5.91 Å². The summed E-state index contributed by atoms with van der Waals surface area (Å²) in [7, 11) is 1.18. The molecular weight excluding hydrogens is 964 g/mol. The number of allylic oxidation sites excluding steroid dienone is 9. The highest BCUT2D eigenvalue weighted by molar-refractivity contribution is 7.45. The van der Waals surface area contributed by atoms with Crippen LogP contribution in [0.4, 0.5) is 0 Å². The second-order valence-corrected chi connectivity index (χ2v) is 24.4. The van der Waals surface area contributed by atoms with Crippen LogP contribution >= 0.6 is 7.82 Å². The Kier molecular flexibility index (Phi) is 54.3. The van der Waals surface area contributed by atoms with Crippen LogP contribution in [0.2, 0.25) is 0 Å². The first-order valence-electron chi connectivity index (χ1n) is 32.1. The summed E-state index contributed by atoms with van der Waals surface area (Å²) in [5.74, 6) is -0.548. The van der Waals surface area contributed by atoms with Gasteiger partial charge in [-0.1, -0.05) is 268 Å². The molecule has 0 aliphatic heterocycles. The molecule has 76 heavy (non-hydrogen) atoms. The zero-order chi connectivity index (χ0) is 55.7. The van der Waals surface area contributed by atoms with Gasteiger partial charge in [0.05, 0.1) is 33.8 Å². The van der Waals surface area contributed by atoms with E-state index in [9.17, 15) is 19.0 Å². The molecule has 0 spiro atoms. The van der Waals surface area contributed by atoms with E-state index in [1.807, 2.05) is 33.3 Å². The largest absolute Gasteiger partial charge is 0.756 e. The average molecular weight is 1090 g/mol. The summed E-state index contributed by atoms with van der Waals surface area (Å²) < 4.78 is 30.3. The van der Waals surface area contributed by atoms with E-state index in [-0.39, 0.29) is 24.9 Å². The molecule has 444 valence electrons. The lowest BCUT2D eigenvalue weighted by Crippen LogP contribution is -2.47. The molecule has 0 heterocycles. The lowest BCUT2D eigenvalue weighted by molar-refractivity contribution is -0.870. The molecule has 1 N–H and O–H groups in total. The maximum atomic E-state index is 13.5. The number of carbonyl (C=O) groups excluding carboxylic acids is 2. The minimum atomic E-state index is -4.70. The summed E-state index contributed by atoms with van der Waals surface area (Å²) in [6, 6.07) is -0.893. The van der Waals surface area contributed by atoms with Crippen molar-refractivity contribution in [1.82, 2.24) is 5.32 Å². The Balaban J connectivity index is 5.14. The van der Waals surface area contributed by atoms with Gasteiger partial charge in [0, 0.05) is 12.8 Å². The number of esters is 1. The van der Waals surface area contributed by atoms with E-state index in [1.165, 1.54) is 186 Å². The predicted octanol–water partition coefficient (Wildman–Crippen LogP) is 19.2. The van der Waals surface area contributed by atoms with E-state index < -0.39 is 26.6 Å². The van der Waals surface area contributed by atoms with E-state index >= 15 is 0 Å². The summed E-state index contributed by atoms with van der Waals surface area (Å²) in [5, 5.41) is 3.03. The molecule has 0 fully saturated rings. The normalized spacial score (nSPS) is 14.0. The Hall–Kier alpha value is -2.29. The molecule has 3 unspecified atom stereocenters. The number of rotatable bonds is 58. The number of unbranched alkanes of at least 4 members (excludes halogenated alkanes) is 36. The standard InChI is InChI=1S/C66H123N2O7P/c1-7-10-13-16-19-22-25-28-30-31-32-33-34-35-36-37-39-40-43-46-49-52-55-58-65(69)67-63(62-74-76(71,72)73-61-60-68(4,5)6)64(57-54-51-48-45-42-27-24-21-18-15-12-9-3)75-66(70)59-56-53-50-47-44-41-38-29-26-23-20-17-14-11-8-2/h11,14,17,20,23,26,28,30,54,57,63-64H,7-10,12-13,15-16,18-19,21-22,24-25,27,29,31-53,55-56,58-62H2,1-6H3,(H-,67,69,71,72)/b14-11+,20-17+,26-23+,30-28+,57-54-. The van der Waals surface area contributed by atoms with Crippen molar-refractivity contribution >= 4 is 19.7 Å². The van der Waals surface area contributed by atoms with Gasteiger partial charge < -0.3 is 28.5 Å². The van der Waals surface area contributed by atoms with Crippen LogP contribution in [0.1, 0.15) is 297 Å². The molecule has 0 rings (SSSR count). The van der Waals surface area contributed by atoms with Gasteiger partial charge in [-0.3, -0.25) is 14.2 Å². The van der Waals surface area contributed by atoms with Gasteiger partial charge in [-0.05, 0) is 76.7 Å². The van der Waals surface area contributed by atoms with E-state index in [0.29, 0.717) is 17.4 Å². The number of nitrogens with one attached hydrogen (secondary N) is 1. The highest BCUT2D eigenvalue weighted by Crippen LogP contribution is 2.38. The van der Waals surface area contributed by atoms with Crippen LogP contribution < -0.4 is 10.2 Å². The molecule has 0 aromatic heterocycles. The molecule has 0 aromatic carbocycles. The highest BCUT2D eigenvalue weighted by Gasteiger charge is 2.27. The van der Waals surface area contributed by atoms with Crippen molar-refractivity contribution in [2.45, 2.75) is 309 Å². The van der Waals surface area contributed by atoms with Crippen molar-refractivity contribution in [3.05, 3.63) is 60.8 Å². The zero-order valence-corrected chi connectivity index (χ0v) is 51.6. The summed E-state index contributed by atoms with van der Waals surface area (Å²) in [4.78, 5) is 40.0. The molecule has 10 heteroatoms. The number of phosphoric ester groups is 1. The first-order valence-corrected chi connectivity index (χ1v) is 33.6. The molecule has 1 amide bonds. The van der Waals surface area contributed by atoms with Crippen molar-refractivity contribution in [1.29, 1.82) is 0 Å². The van der Waals surface area contributed by atoms with Crippen molar-refractivity contribution < 1.29 is 37.3 Å². The molecule has 3 atom stereocenters. The average Bonchev–Trinajstić information content (AvgIpc) is 3.38. The third kappa shape index (κ3) is 56.4. The Labute approximate surface area is 471 Å². The van der Waals surface area contributed by atoms with Crippen LogP contribution in [0.3, 0.4) is 0 Å². The van der Waals surface area contributed by atoms with Crippen LogP contribution in [-0.2, 0) is 27.9 Å². The third-order valence-corrected chi connectivity index (χ3v) is 15.2. The number of hydrogen-bond acceptors (Lipinski definition) is 7. The number of ether oxygens (including phenoxy) is 1. The Morgan fingerprint density at radius 2 is 0.855 bits per heavy atom. The maximum Gasteiger partial charge on any atom is 0.306 e. The highest BCUT2D eigenvalue weighted by atomic mass is 31.2. The second kappa shape index (κ2) is 56.0. The number of amides is 1. The fraction of sp³-hybridized carbons (Fsp3) is 0.818. The predicted molar refractivity (Wildman–Crippen MR) is 325 cm³/mol. The number of hydrogen-bond donors (Lipinski definition) is 1. The first kappa shape index (κ1) is 73.7. The van der Waals surface area contributed by atoms with E-state index in [4.69, 9.17) is 13.8 Å².